The Morgan fingerprint density at radius 3 is 2.53 bits per heavy atom. The number of pyridine rings is 2. The average molecular weight is 534 g/mol. The third kappa shape index (κ3) is 4.10. The number of carbonyl (C=O) groups is 2. The number of carboxylic acids is 1. The van der Waals surface area contributed by atoms with Crippen molar-refractivity contribution in [3.63, 3.8) is 0 Å². The molecule has 2 amide bonds. The number of hydrogen-bond donors (Lipinski definition) is 1. The monoisotopic (exact) mass is 533 g/mol. The highest BCUT2D eigenvalue weighted by Crippen LogP contribution is 2.51. The van der Waals surface area contributed by atoms with Gasteiger partial charge in [-0.25, -0.2) is 19.6 Å². The van der Waals surface area contributed by atoms with Crippen molar-refractivity contribution in [3.05, 3.63) is 36.2 Å². The van der Waals surface area contributed by atoms with Gasteiger partial charge in [0.15, 0.2) is 5.69 Å². The van der Waals surface area contributed by atoms with Crippen molar-refractivity contribution in [1.82, 2.24) is 19.8 Å². The van der Waals surface area contributed by atoms with E-state index in [0.29, 0.717) is 42.3 Å². The Hall–Kier alpha value is -3.57. The molecule has 3 fully saturated rings. The van der Waals surface area contributed by atoms with Crippen molar-refractivity contribution < 1.29 is 32.6 Å². The number of rotatable bonds is 7. The molecule has 5 rings (SSSR count). The molecule has 2 aromatic heterocycles. The smallest absolute Gasteiger partial charge is 0.411 e. The molecule has 0 unspecified atom stereocenters. The van der Waals surface area contributed by atoms with Crippen LogP contribution in [0.25, 0.3) is 11.3 Å². The van der Waals surface area contributed by atoms with Gasteiger partial charge in [0, 0.05) is 31.9 Å². The molecule has 1 saturated carbocycles. The maximum absolute atomic E-state index is 14.0. The number of amides is 2. The van der Waals surface area contributed by atoms with Gasteiger partial charge in [-0.1, -0.05) is 6.92 Å². The molecule has 0 bridgehead atoms. The Morgan fingerprint density at radius 2 is 1.92 bits per heavy atom. The van der Waals surface area contributed by atoms with Gasteiger partial charge in [-0.3, -0.25) is 0 Å². The van der Waals surface area contributed by atoms with Crippen LogP contribution < -0.4 is 9.64 Å². The lowest BCUT2D eigenvalue weighted by atomic mass is 9.74. The number of halogens is 3. The van der Waals surface area contributed by atoms with Gasteiger partial charge in [0.05, 0.1) is 29.6 Å². The number of nitrogens with zero attached hydrogens (tertiary/aromatic N) is 5. The molecule has 1 N–H and O–H groups in total. The van der Waals surface area contributed by atoms with E-state index in [1.165, 1.54) is 4.90 Å². The van der Waals surface area contributed by atoms with E-state index in [0.717, 1.165) is 4.90 Å². The molecule has 0 spiro atoms. The van der Waals surface area contributed by atoms with E-state index in [-0.39, 0.29) is 44.2 Å². The Bertz CT molecular complexity index is 1240. The van der Waals surface area contributed by atoms with Gasteiger partial charge in [0.25, 0.3) is 0 Å². The molecular weight excluding hydrogens is 503 g/mol. The number of anilines is 1. The van der Waals surface area contributed by atoms with Crippen LogP contribution in [0.2, 0.25) is 0 Å². The first-order valence-corrected chi connectivity index (χ1v) is 12.9. The second-order valence-corrected chi connectivity index (χ2v) is 9.96. The number of piperazine rings is 1. The van der Waals surface area contributed by atoms with E-state index in [1.54, 1.807) is 30.5 Å². The Kier molecular flexibility index (Phi) is 6.60. The first kappa shape index (κ1) is 26.1. The summed E-state index contributed by atoms with van der Waals surface area (Å²) in [4.78, 5) is 38.6. The fourth-order valence-electron chi connectivity index (χ4n) is 5.83. The first-order valence-electron chi connectivity index (χ1n) is 12.9. The molecular formula is C26H30F3N5O4. The van der Waals surface area contributed by atoms with Gasteiger partial charge in [-0.05, 0) is 56.9 Å². The molecule has 1 aliphatic carbocycles. The van der Waals surface area contributed by atoms with Crippen molar-refractivity contribution in [1.29, 1.82) is 0 Å². The van der Waals surface area contributed by atoms with Crippen molar-refractivity contribution >= 4 is 17.7 Å². The van der Waals surface area contributed by atoms with Crippen molar-refractivity contribution in [2.45, 2.75) is 63.3 Å². The summed E-state index contributed by atoms with van der Waals surface area (Å²) in [6.07, 6.45) is -2.10. The number of ether oxygens (including phenoxy) is 1. The minimum Gasteiger partial charge on any atom is -0.477 e. The quantitative estimate of drug-likeness (QED) is 0.562. The molecule has 9 nitrogen and oxygen atoms in total. The zero-order valence-electron chi connectivity index (χ0n) is 21.2. The van der Waals surface area contributed by atoms with Crippen LogP contribution in [0.5, 0.6) is 5.88 Å². The van der Waals surface area contributed by atoms with Gasteiger partial charge in [0.2, 0.25) is 5.88 Å². The highest BCUT2D eigenvalue weighted by molar-refractivity contribution is 5.93. The van der Waals surface area contributed by atoms with Crippen LogP contribution in [-0.2, 0) is 0 Å². The molecule has 2 aromatic rings. The van der Waals surface area contributed by atoms with E-state index in [9.17, 15) is 27.9 Å². The number of hydrogen-bond acceptors (Lipinski definition) is 6. The second kappa shape index (κ2) is 9.63. The summed E-state index contributed by atoms with van der Waals surface area (Å²) >= 11 is 0. The predicted octanol–water partition coefficient (Wildman–Crippen LogP) is 4.43. The van der Waals surface area contributed by atoms with E-state index < -0.39 is 29.8 Å². The molecule has 3 aliphatic rings. The van der Waals surface area contributed by atoms with Crippen LogP contribution >= 0.6 is 0 Å². The van der Waals surface area contributed by atoms with E-state index in [2.05, 4.69) is 9.97 Å². The van der Waals surface area contributed by atoms with Crippen LogP contribution in [-0.4, -0.2) is 86.9 Å². The fourth-order valence-corrected chi connectivity index (χ4v) is 5.83. The molecule has 0 radical (unpaired) electrons. The Balaban J connectivity index is 1.47. The van der Waals surface area contributed by atoms with Gasteiger partial charge in [-0.15, -0.1) is 0 Å². The van der Waals surface area contributed by atoms with Gasteiger partial charge < -0.3 is 24.5 Å². The summed E-state index contributed by atoms with van der Waals surface area (Å²) in [6.45, 7) is 4.48. The molecule has 12 heteroatoms. The molecule has 2 saturated heterocycles. The largest absolute Gasteiger partial charge is 0.477 e. The van der Waals surface area contributed by atoms with Crippen LogP contribution in [0.4, 0.5) is 23.7 Å². The highest BCUT2D eigenvalue weighted by atomic mass is 19.4. The van der Waals surface area contributed by atoms with Crippen molar-refractivity contribution in [3.8, 4) is 17.1 Å². The lowest BCUT2D eigenvalue weighted by molar-refractivity contribution is -0.245. The standard InChI is InChI=1S/C26H30F3N5O4/c1-3-16-13-33-17(15-34(24(33)37)25(10-6-11-25)26(27,28)29)14-32(16)20-9-8-19(31-21(20)23(35)36)18-7-5-12-30-22(18)38-4-2/h5,7-9,12,16-17H,3-4,6,10-11,13-15H2,1-2H3,(H,35,36)/t16-,17+/m1/s1. The zero-order valence-corrected chi connectivity index (χ0v) is 21.2. The molecule has 4 heterocycles. The van der Waals surface area contributed by atoms with Crippen molar-refractivity contribution in [2.75, 3.05) is 31.1 Å². The number of aromatic nitrogens is 2. The van der Waals surface area contributed by atoms with Crippen LogP contribution in [0.15, 0.2) is 30.5 Å². The van der Waals surface area contributed by atoms with E-state index >= 15 is 0 Å². The van der Waals surface area contributed by atoms with Crippen LogP contribution in [0.1, 0.15) is 50.0 Å². The normalized spacial score (nSPS) is 22.8. The van der Waals surface area contributed by atoms with Gasteiger partial charge >= 0.3 is 18.2 Å². The first-order chi connectivity index (χ1) is 18.1. The van der Waals surface area contributed by atoms with E-state index in [4.69, 9.17) is 4.74 Å². The van der Waals surface area contributed by atoms with Crippen molar-refractivity contribution in [2.24, 2.45) is 0 Å². The lowest BCUT2D eigenvalue weighted by Crippen LogP contribution is -2.64. The number of alkyl halides is 3. The highest BCUT2D eigenvalue weighted by Gasteiger charge is 2.66. The molecule has 204 valence electrons. The maximum atomic E-state index is 14.0. The molecule has 0 aromatic carbocycles. The summed E-state index contributed by atoms with van der Waals surface area (Å²) in [5.41, 5.74) is -0.975. The third-order valence-electron chi connectivity index (χ3n) is 7.98. The topological polar surface area (TPSA) is 99.1 Å². The summed E-state index contributed by atoms with van der Waals surface area (Å²) in [5.74, 6) is -0.888. The van der Waals surface area contributed by atoms with E-state index in [1.807, 2.05) is 18.7 Å². The summed E-state index contributed by atoms with van der Waals surface area (Å²) in [6, 6.07) is 5.46. The molecule has 2 aliphatic heterocycles. The third-order valence-corrected chi connectivity index (χ3v) is 7.98. The number of fused-ring (bicyclic) bond motifs is 1. The Morgan fingerprint density at radius 1 is 1.16 bits per heavy atom. The molecule has 38 heavy (non-hydrogen) atoms. The minimum absolute atomic E-state index is 0.0490. The maximum Gasteiger partial charge on any atom is 0.411 e. The summed E-state index contributed by atoms with van der Waals surface area (Å²) in [7, 11) is 0. The van der Waals surface area contributed by atoms with Gasteiger partial charge in [-0.2, -0.15) is 13.2 Å². The average Bonchev–Trinajstić information content (AvgIpc) is 3.17. The molecule has 2 atom stereocenters. The fraction of sp³-hybridized carbons (Fsp3) is 0.538. The zero-order chi connectivity index (χ0) is 27.2. The summed E-state index contributed by atoms with van der Waals surface area (Å²) < 4.78 is 47.7. The number of aromatic carboxylic acids is 1. The SMILES string of the molecule is CCOc1ncccc1-c1ccc(N2C[C@H]3CN(C4(C(F)(F)F)CCC4)C(=O)N3C[C@H]2CC)c(C(=O)O)n1. The number of carboxylic acid groups (broad SMARTS) is 1. The van der Waals surface area contributed by atoms with Crippen LogP contribution in [0.3, 0.4) is 0 Å². The Labute approximate surface area is 218 Å². The van der Waals surface area contributed by atoms with Gasteiger partial charge in [0.1, 0.15) is 5.54 Å². The summed E-state index contributed by atoms with van der Waals surface area (Å²) in [5, 5.41) is 10.1. The predicted molar refractivity (Wildman–Crippen MR) is 132 cm³/mol. The minimum atomic E-state index is -4.50. The van der Waals surface area contributed by atoms with Crippen LogP contribution in [0, 0.1) is 0 Å². The number of carbonyl (C=O) groups excluding carboxylic acids is 1. The number of urea groups is 1. The second-order valence-electron chi connectivity index (χ2n) is 9.96. The lowest BCUT2D eigenvalue weighted by Gasteiger charge is -2.48.